The fourth-order valence-corrected chi connectivity index (χ4v) is 4.29. The minimum absolute atomic E-state index is 0.0160. The highest BCUT2D eigenvalue weighted by atomic mass is 32.2. The molecule has 2 fully saturated rings. The monoisotopic (exact) mass is 291 g/mol. The summed E-state index contributed by atoms with van der Waals surface area (Å²) in [4.78, 5) is 2.21. The highest BCUT2D eigenvalue weighted by Crippen LogP contribution is 2.15. The first kappa shape index (κ1) is 15.2. The van der Waals surface area contributed by atoms with E-state index in [0.717, 1.165) is 26.2 Å². The Hall–Kier alpha value is -0.210. The Balaban J connectivity index is 1.86. The van der Waals surface area contributed by atoms with E-state index >= 15 is 0 Å². The van der Waals surface area contributed by atoms with Crippen LogP contribution in [0.15, 0.2) is 0 Å². The Bertz CT molecular complexity index is 372. The minimum Gasteiger partial charge on any atom is -0.373 e. The van der Waals surface area contributed by atoms with Gasteiger partial charge in [-0.2, -0.15) is 4.31 Å². The van der Waals surface area contributed by atoms with Crippen LogP contribution in [0.2, 0.25) is 0 Å². The van der Waals surface area contributed by atoms with E-state index in [1.54, 1.807) is 4.31 Å². The molecule has 1 N–H and O–H groups in total. The molecule has 2 heterocycles. The number of sulfonamides is 1. The standard InChI is InChI=1S/C12H25N3O3S/c1-11-9-15(10-12(2)18-11)19(16,17)8-7-14-5-3-13-4-6-14/h11-13H,3-10H2,1-2H3/t11-,12+. The number of morpholine rings is 1. The van der Waals surface area contributed by atoms with Crippen LogP contribution < -0.4 is 5.32 Å². The second-order valence-corrected chi connectivity index (χ2v) is 7.57. The zero-order valence-corrected chi connectivity index (χ0v) is 12.7. The summed E-state index contributed by atoms with van der Waals surface area (Å²) >= 11 is 0. The zero-order valence-electron chi connectivity index (χ0n) is 11.8. The third kappa shape index (κ3) is 4.39. The van der Waals surface area contributed by atoms with E-state index in [1.807, 2.05) is 13.8 Å². The second kappa shape index (κ2) is 6.49. The Kier molecular flexibility index (Phi) is 5.19. The third-order valence-electron chi connectivity index (χ3n) is 3.65. The second-order valence-electron chi connectivity index (χ2n) is 5.48. The molecule has 0 saturated carbocycles. The molecule has 0 bridgehead atoms. The molecular formula is C12H25N3O3S. The Morgan fingerprint density at radius 1 is 1.16 bits per heavy atom. The van der Waals surface area contributed by atoms with Crippen LogP contribution in [0.3, 0.4) is 0 Å². The number of nitrogens with zero attached hydrogens (tertiary/aromatic N) is 2. The SMILES string of the molecule is C[C@@H]1CN(S(=O)(=O)CCN2CCNCC2)C[C@H](C)O1. The fourth-order valence-electron chi connectivity index (χ4n) is 2.67. The number of hydrogen-bond acceptors (Lipinski definition) is 5. The molecule has 0 spiro atoms. The number of rotatable bonds is 4. The Morgan fingerprint density at radius 3 is 2.32 bits per heavy atom. The van der Waals surface area contributed by atoms with E-state index in [-0.39, 0.29) is 18.0 Å². The van der Waals surface area contributed by atoms with Crippen LogP contribution in [0, 0.1) is 0 Å². The average molecular weight is 291 g/mol. The maximum Gasteiger partial charge on any atom is 0.215 e. The normalized spacial score (nSPS) is 31.5. The van der Waals surface area contributed by atoms with Crippen molar-refractivity contribution in [1.82, 2.24) is 14.5 Å². The first-order valence-electron chi connectivity index (χ1n) is 7.04. The minimum atomic E-state index is -3.16. The molecular weight excluding hydrogens is 266 g/mol. The molecule has 0 amide bonds. The molecule has 0 aromatic carbocycles. The average Bonchev–Trinajstić information content (AvgIpc) is 2.37. The van der Waals surface area contributed by atoms with Gasteiger partial charge in [0.05, 0.1) is 18.0 Å². The van der Waals surface area contributed by atoms with Crippen LogP contribution in [-0.2, 0) is 14.8 Å². The third-order valence-corrected chi connectivity index (χ3v) is 5.44. The number of piperazine rings is 1. The van der Waals surface area contributed by atoms with Gasteiger partial charge in [0, 0.05) is 45.8 Å². The lowest BCUT2D eigenvalue weighted by Crippen LogP contribution is -2.51. The summed E-state index contributed by atoms with van der Waals surface area (Å²) < 4.78 is 31.9. The van der Waals surface area contributed by atoms with E-state index < -0.39 is 10.0 Å². The predicted octanol–water partition coefficient (Wildman–Crippen LogP) is -0.669. The molecule has 2 saturated heterocycles. The van der Waals surface area contributed by atoms with Crippen LogP contribution in [-0.4, -0.2) is 81.4 Å². The topological polar surface area (TPSA) is 61.9 Å². The number of nitrogens with one attached hydrogen (secondary N) is 1. The molecule has 2 atom stereocenters. The van der Waals surface area contributed by atoms with E-state index in [9.17, 15) is 8.42 Å². The largest absolute Gasteiger partial charge is 0.373 e. The fraction of sp³-hybridized carbons (Fsp3) is 1.00. The van der Waals surface area contributed by atoms with Crippen molar-refractivity contribution < 1.29 is 13.2 Å². The molecule has 2 rings (SSSR count). The van der Waals surface area contributed by atoms with Gasteiger partial charge in [0.1, 0.15) is 0 Å². The van der Waals surface area contributed by atoms with Crippen molar-refractivity contribution in [3.8, 4) is 0 Å². The molecule has 0 aliphatic carbocycles. The first-order valence-corrected chi connectivity index (χ1v) is 8.64. The van der Waals surface area contributed by atoms with Gasteiger partial charge in [-0.3, -0.25) is 4.90 Å². The summed E-state index contributed by atoms with van der Waals surface area (Å²) in [6.07, 6.45) is -0.0320. The van der Waals surface area contributed by atoms with E-state index in [4.69, 9.17) is 4.74 Å². The maximum absolute atomic E-state index is 12.3. The summed E-state index contributed by atoms with van der Waals surface area (Å²) in [7, 11) is -3.16. The molecule has 112 valence electrons. The smallest absolute Gasteiger partial charge is 0.215 e. The molecule has 2 aliphatic rings. The zero-order chi connectivity index (χ0) is 13.9. The van der Waals surface area contributed by atoms with Crippen LogP contribution in [0.5, 0.6) is 0 Å². The summed E-state index contributed by atoms with van der Waals surface area (Å²) in [5, 5.41) is 3.27. The summed E-state index contributed by atoms with van der Waals surface area (Å²) in [6.45, 7) is 9.21. The Morgan fingerprint density at radius 2 is 1.74 bits per heavy atom. The van der Waals surface area contributed by atoms with Gasteiger partial charge in [0.2, 0.25) is 10.0 Å². The van der Waals surface area contributed by atoms with Crippen LogP contribution in [0.25, 0.3) is 0 Å². The van der Waals surface area contributed by atoms with Crippen molar-refractivity contribution in [3.63, 3.8) is 0 Å². The highest BCUT2D eigenvalue weighted by molar-refractivity contribution is 7.89. The van der Waals surface area contributed by atoms with Crippen LogP contribution >= 0.6 is 0 Å². The molecule has 7 heteroatoms. The number of hydrogen-bond donors (Lipinski definition) is 1. The molecule has 0 unspecified atom stereocenters. The van der Waals surface area contributed by atoms with Crippen LogP contribution in [0.4, 0.5) is 0 Å². The van der Waals surface area contributed by atoms with Crippen molar-refractivity contribution in [2.75, 3.05) is 51.6 Å². The van der Waals surface area contributed by atoms with E-state index in [1.165, 1.54) is 0 Å². The van der Waals surface area contributed by atoms with Crippen LogP contribution in [0.1, 0.15) is 13.8 Å². The molecule has 0 aromatic rings. The van der Waals surface area contributed by atoms with Gasteiger partial charge in [-0.15, -0.1) is 0 Å². The molecule has 6 nitrogen and oxygen atoms in total. The molecule has 0 aromatic heterocycles. The van der Waals surface area contributed by atoms with Crippen molar-refractivity contribution in [1.29, 1.82) is 0 Å². The van der Waals surface area contributed by atoms with Gasteiger partial charge in [-0.1, -0.05) is 0 Å². The van der Waals surface area contributed by atoms with Crippen molar-refractivity contribution in [3.05, 3.63) is 0 Å². The number of ether oxygens (including phenoxy) is 1. The van der Waals surface area contributed by atoms with Gasteiger partial charge in [-0.05, 0) is 13.8 Å². The summed E-state index contributed by atoms with van der Waals surface area (Å²) in [5.41, 5.74) is 0. The van der Waals surface area contributed by atoms with Crippen molar-refractivity contribution in [2.45, 2.75) is 26.1 Å². The quantitative estimate of drug-likeness (QED) is 0.744. The first-order chi connectivity index (χ1) is 8.97. The van der Waals surface area contributed by atoms with Gasteiger partial charge >= 0.3 is 0 Å². The van der Waals surface area contributed by atoms with Gasteiger partial charge in [-0.25, -0.2) is 8.42 Å². The van der Waals surface area contributed by atoms with E-state index in [0.29, 0.717) is 19.6 Å². The van der Waals surface area contributed by atoms with Gasteiger partial charge < -0.3 is 10.1 Å². The van der Waals surface area contributed by atoms with Crippen molar-refractivity contribution in [2.24, 2.45) is 0 Å². The lowest BCUT2D eigenvalue weighted by atomic mass is 10.3. The molecule has 2 aliphatic heterocycles. The van der Waals surface area contributed by atoms with Gasteiger partial charge in [0.25, 0.3) is 0 Å². The van der Waals surface area contributed by atoms with Crippen molar-refractivity contribution >= 4 is 10.0 Å². The lowest BCUT2D eigenvalue weighted by molar-refractivity contribution is -0.0441. The lowest BCUT2D eigenvalue weighted by Gasteiger charge is -2.35. The van der Waals surface area contributed by atoms with Gasteiger partial charge in [0.15, 0.2) is 0 Å². The molecule has 0 radical (unpaired) electrons. The maximum atomic E-state index is 12.3. The summed E-state index contributed by atoms with van der Waals surface area (Å²) in [6, 6.07) is 0. The van der Waals surface area contributed by atoms with E-state index in [2.05, 4.69) is 10.2 Å². The molecule has 19 heavy (non-hydrogen) atoms. The highest BCUT2D eigenvalue weighted by Gasteiger charge is 2.31. The predicted molar refractivity (Wildman–Crippen MR) is 74.7 cm³/mol. The summed E-state index contributed by atoms with van der Waals surface area (Å²) in [5.74, 6) is 0.215. The Labute approximate surface area is 116 Å².